The molecule has 1 atom stereocenters. The van der Waals surface area contributed by atoms with Crippen molar-refractivity contribution < 1.29 is 22.8 Å². The van der Waals surface area contributed by atoms with Crippen LogP contribution in [0.3, 0.4) is 0 Å². The van der Waals surface area contributed by atoms with Gasteiger partial charge in [0.15, 0.2) is 5.69 Å². The molecule has 2 amide bonds. The van der Waals surface area contributed by atoms with Gasteiger partial charge in [-0.3, -0.25) is 14.6 Å². The van der Waals surface area contributed by atoms with Crippen LogP contribution in [0.25, 0.3) is 5.57 Å². The quantitative estimate of drug-likeness (QED) is 0.543. The third-order valence-electron chi connectivity index (χ3n) is 6.19. The second-order valence-corrected chi connectivity index (χ2v) is 9.25. The molecular weight excluding hydrogens is 487 g/mol. The van der Waals surface area contributed by atoms with Crippen molar-refractivity contribution in [1.29, 1.82) is 5.26 Å². The molecule has 12 heteroatoms. The number of nitrogens with zero attached hydrogens (tertiary/aromatic N) is 5. The molecule has 1 saturated heterocycles. The second kappa shape index (κ2) is 10.0. The Kier molecular flexibility index (Phi) is 6.98. The van der Waals surface area contributed by atoms with Crippen LogP contribution in [0.4, 0.5) is 24.5 Å². The lowest BCUT2D eigenvalue weighted by Crippen LogP contribution is -2.26. The van der Waals surface area contributed by atoms with Crippen LogP contribution >= 0.6 is 0 Å². The number of anilines is 2. The molecule has 1 aliphatic carbocycles. The van der Waals surface area contributed by atoms with E-state index in [1.54, 1.807) is 6.07 Å². The summed E-state index contributed by atoms with van der Waals surface area (Å²) in [7, 11) is 0. The summed E-state index contributed by atoms with van der Waals surface area (Å²) in [6, 6.07) is 7.75. The third-order valence-corrected chi connectivity index (χ3v) is 6.19. The van der Waals surface area contributed by atoms with Gasteiger partial charge in [-0.15, -0.1) is 0 Å². The summed E-state index contributed by atoms with van der Waals surface area (Å²) in [6.45, 7) is 2.51. The maximum atomic E-state index is 13.6. The highest BCUT2D eigenvalue weighted by atomic mass is 19.4. The number of pyridine rings is 2. The first-order valence-corrected chi connectivity index (χ1v) is 11.5. The fraction of sp³-hybridized carbons (Fsp3) is 0.360. The number of halogens is 3. The van der Waals surface area contributed by atoms with Crippen molar-refractivity contribution in [2.75, 3.05) is 23.3 Å². The van der Waals surface area contributed by atoms with Crippen LogP contribution in [0, 0.1) is 22.7 Å². The van der Waals surface area contributed by atoms with E-state index in [9.17, 15) is 28.0 Å². The zero-order valence-electron chi connectivity index (χ0n) is 19.9. The van der Waals surface area contributed by atoms with E-state index in [1.807, 2.05) is 6.92 Å². The first kappa shape index (κ1) is 25.8. The summed E-state index contributed by atoms with van der Waals surface area (Å²) >= 11 is 0. The molecule has 1 saturated carbocycles. The van der Waals surface area contributed by atoms with Crippen molar-refractivity contribution in [2.45, 2.75) is 32.4 Å². The number of hydrogen-bond acceptors (Lipinski definition) is 7. The molecule has 0 spiro atoms. The van der Waals surface area contributed by atoms with Gasteiger partial charge >= 0.3 is 6.18 Å². The molecule has 3 heterocycles. The van der Waals surface area contributed by atoms with Crippen molar-refractivity contribution in [2.24, 2.45) is 22.1 Å². The van der Waals surface area contributed by atoms with Gasteiger partial charge in [0, 0.05) is 31.0 Å². The van der Waals surface area contributed by atoms with Crippen LogP contribution in [0.15, 0.2) is 41.7 Å². The molecule has 3 N–H and O–H groups in total. The van der Waals surface area contributed by atoms with Crippen LogP contribution in [-0.2, 0) is 11.0 Å². The van der Waals surface area contributed by atoms with Gasteiger partial charge in [0.1, 0.15) is 5.69 Å². The number of aromatic nitrogens is 2. The fourth-order valence-corrected chi connectivity index (χ4v) is 3.94. The summed E-state index contributed by atoms with van der Waals surface area (Å²) < 4.78 is 40.9. The van der Waals surface area contributed by atoms with Gasteiger partial charge in [0.05, 0.1) is 41.3 Å². The van der Waals surface area contributed by atoms with Crippen LogP contribution in [-0.4, -0.2) is 41.1 Å². The molecule has 0 radical (unpaired) electrons. The van der Waals surface area contributed by atoms with Gasteiger partial charge < -0.3 is 16.0 Å². The maximum absolute atomic E-state index is 13.6. The number of nitrogens with two attached hydrogens (primary N) is 1. The topological polar surface area (TPSA) is 137 Å². The zero-order valence-corrected chi connectivity index (χ0v) is 19.9. The van der Waals surface area contributed by atoms with Crippen LogP contribution in [0.5, 0.6) is 0 Å². The minimum atomic E-state index is -4.84. The average molecular weight is 512 g/mol. The van der Waals surface area contributed by atoms with Crippen molar-refractivity contribution >= 4 is 35.0 Å². The lowest BCUT2D eigenvalue weighted by atomic mass is 10.1. The van der Waals surface area contributed by atoms with E-state index in [1.165, 1.54) is 29.4 Å². The lowest BCUT2D eigenvalue weighted by molar-refractivity contribution is -0.140. The number of carbonyl (C=O) groups is 2. The number of allylic oxidation sites excluding steroid dienone is 1. The Hall–Kier alpha value is -4.27. The first-order chi connectivity index (χ1) is 17.5. The Balaban J connectivity index is 1.57. The van der Waals surface area contributed by atoms with Crippen LogP contribution in [0.2, 0.25) is 0 Å². The van der Waals surface area contributed by atoms with Gasteiger partial charge in [0.2, 0.25) is 5.91 Å². The average Bonchev–Trinajstić information content (AvgIpc) is 3.56. The highest BCUT2D eigenvalue weighted by Crippen LogP contribution is 2.45. The van der Waals surface area contributed by atoms with E-state index in [0.29, 0.717) is 18.7 Å². The predicted molar refractivity (Wildman–Crippen MR) is 130 cm³/mol. The summed E-state index contributed by atoms with van der Waals surface area (Å²) in [6.07, 6.45) is 0.648. The summed E-state index contributed by atoms with van der Waals surface area (Å²) in [5.41, 5.74) is 4.03. The van der Waals surface area contributed by atoms with E-state index in [-0.39, 0.29) is 35.3 Å². The minimum absolute atomic E-state index is 0.0443. The SMILES string of the molecule is C[C@H]1CC(=O)N(c2cnc(C(F)(F)F)c(NC(=O)c3cccc(/C(C=NCC4(C#N)CC4)=C/N)n3)c2)C1. The number of aliphatic imine (C=N–C) groups is 1. The number of amides is 2. The summed E-state index contributed by atoms with van der Waals surface area (Å²) in [5, 5.41) is 11.4. The molecule has 0 bridgehead atoms. The molecule has 192 valence electrons. The normalized spacial score (nSPS) is 19.2. The van der Waals surface area contributed by atoms with Crippen LogP contribution in [0.1, 0.15) is 48.1 Å². The second-order valence-electron chi connectivity index (χ2n) is 9.25. The van der Waals surface area contributed by atoms with Crippen molar-refractivity contribution in [3.8, 4) is 6.07 Å². The maximum Gasteiger partial charge on any atom is 0.435 e. The minimum Gasteiger partial charge on any atom is -0.404 e. The number of nitrogens with one attached hydrogen (secondary N) is 1. The summed E-state index contributed by atoms with van der Waals surface area (Å²) in [4.78, 5) is 38.5. The Labute approximate surface area is 210 Å². The third kappa shape index (κ3) is 5.77. The fourth-order valence-electron chi connectivity index (χ4n) is 3.94. The molecule has 9 nitrogen and oxygen atoms in total. The molecule has 0 unspecified atom stereocenters. The number of rotatable bonds is 7. The van der Waals surface area contributed by atoms with Crippen LogP contribution < -0.4 is 16.0 Å². The monoisotopic (exact) mass is 511 g/mol. The molecule has 37 heavy (non-hydrogen) atoms. The van der Waals surface area contributed by atoms with E-state index < -0.39 is 28.9 Å². The predicted octanol–water partition coefficient (Wildman–Crippen LogP) is 3.79. The number of hydrogen-bond donors (Lipinski definition) is 2. The zero-order chi connectivity index (χ0) is 26.8. The van der Waals surface area contributed by atoms with E-state index in [0.717, 1.165) is 25.1 Å². The molecule has 2 aliphatic rings. The molecule has 2 aromatic heterocycles. The van der Waals surface area contributed by atoms with E-state index in [4.69, 9.17) is 5.73 Å². The standard InChI is InChI=1S/C25H24F3N7O2/c1-15-7-21(36)35(12-15)17-8-20(22(32-11-17)25(26,27)28)34-23(37)19-4-2-3-18(33-19)16(9-29)10-31-14-24(13-30)5-6-24/h2-4,8-11,15H,5-7,12,14,29H2,1H3,(H,34,37)/b16-9+,31-10?/t15-/m0/s1. The highest BCUT2D eigenvalue weighted by Gasteiger charge is 2.42. The van der Waals surface area contributed by atoms with Gasteiger partial charge in [-0.2, -0.15) is 18.4 Å². The summed E-state index contributed by atoms with van der Waals surface area (Å²) in [5.74, 6) is -1.09. The Morgan fingerprint density at radius 2 is 2.11 bits per heavy atom. The highest BCUT2D eigenvalue weighted by molar-refractivity contribution is 6.10. The largest absolute Gasteiger partial charge is 0.435 e. The molecule has 2 fully saturated rings. The van der Waals surface area contributed by atoms with Gasteiger partial charge in [0.25, 0.3) is 5.91 Å². The number of nitriles is 1. The molecule has 4 rings (SSSR count). The Morgan fingerprint density at radius 1 is 1.38 bits per heavy atom. The first-order valence-electron chi connectivity index (χ1n) is 11.5. The van der Waals surface area contributed by atoms with Gasteiger partial charge in [-0.05, 0) is 37.0 Å². The number of carbonyl (C=O) groups excluding carboxylic acids is 2. The van der Waals surface area contributed by atoms with E-state index >= 15 is 0 Å². The smallest absolute Gasteiger partial charge is 0.404 e. The Bertz CT molecular complexity index is 1330. The molecule has 0 aromatic carbocycles. The molecular formula is C25H24F3N7O2. The van der Waals surface area contributed by atoms with Crippen molar-refractivity contribution in [3.05, 3.63) is 53.7 Å². The molecule has 1 aliphatic heterocycles. The van der Waals surface area contributed by atoms with Crippen molar-refractivity contribution in [3.63, 3.8) is 0 Å². The van der Waals surface area contributed by atoms with E-state index in [2.05, 4.69) is 26.3 Å². The lowest BCUT2D eigenvalue weighted by Gasteiger charge is -2.19. The molecule has 2 aromatic rings. The van der Waals surface area contributed by atoms with Crippen molar-refractivity contribution in [1.82, 2.24) is 9.97 Å². The van der Waals surface area contributed by atoms with Gasteiger partial charge in [-0.25, -0.2) is 9.97 Å². The van der Waals surface area contributed by atoms with Gasteiger partial charge in [-0.1, -0.05) is 13.0 Å². The number of alkyl halides is 3. The Morgan fingerprint density at radius 3 is 2.70 bits per heavy atom.